The van der Waals surface area contributed by atoms with Gasteiger partial charge in [0.1, 0.15) is 11.6 Å². The Hall–Kier alpha value is -2.74. The van der Waals surface area contributed by atoms with Crippen LogP contribution in [0.3, 0.4) is 0 Å². The molecule has 3 heterocycles. The number of guanidine groups is 1. The Morgan fingerprint density at radius 1 is 1.31 bits per heavy atom. The smallest absolute Gasteiger partial charge is 0.194 e. The molecule has 7 nitrogen and oxygen atoms in total. The van der Waals surface area contributed by atoms with Crippen LogP contribution in [0.1, 0.15) is 22.1 Å². The topological polar surface area (TPSA) is 71.2 Å². The monoisotopic (exact) mass is 369 g/mol. The first-order valence-electron chi connectivity index (χ1n) is 8.35. The van der Waals surface area contributed by atoms with Gasteiger partial charge in [0, 0.05) is 44.6 Å². The summed E-state index contributed by atoms with van der Waals surface area (Å²) in [5.41, 5.74) is 2.14. The molecule has 0 spiro atoms. The van der Waals surface area contributed by atoms with Crippen molar-refractivity contribution < 1.29 is 0 Å². The number of rotatable bonds is 5. The van der Waals surface area contributed by atoms with Crippen molar-refractivity contribution in [3.63, 3.8) is 0 Å². The molecule has 0 aliphatic carbocycles. The molecule has 3 rings (SSSR count). The summed E-state index contributed by atoms with van der Waals surface area (Å²) in [5, 5.41) is 6.53. The zero-order valence-electron chi connectivity index (χ0n) is 15.5. The van der Waals surface area contributed by atoms with Crippen LogP contribution in [0.4, 0.5) is 0 Å². The number of imidazole rings is 1. The molecular weight excluding hydrogens is 346 g/mol. The summed E-state index contributed by atoms with van der Waals surface area (Å²) in [6, 6.07) is 4.06. The Labute approximate surface area is 157 Å². The number of thiazole rings is 1. The van der Waals surface area contributed by atoms with E-state index in [2.05, 4.69) is 41.6 Å². The molecule has 0 aliphatic rings. The van der Waals surface area contributed by atoms with E-state index in [0.717, 1.165) is 40.4 Å². The van der Waals surface area contributed by atoms with Gasteiger partial charge < -0.3 is 10.2 Å². The van der Waals surface area contributed by atoms with Gasteiger partial charge in [0.25, 0.3) is 0 Å². The van der Waals surface area contributed by atoms with Crippen molar-refractivity contribution in [2.45, 2.75) is 26.9 Å². The summed E-state index contributed by atoms with van der Waals surface area (Å²) >= 11 is 1.66. The molecule has 0 fully saturated rings. The summed E-state index contributed by atoms with van der Waals surface area (Å²) in [4.78, 5) is 19.7. The third-order valence-corrected chi connectivity index (χ3v) is 4.79. The largest absolute Gasteiger partial charge is 0.352 e. The van der Waals surface area contributed by atoms with E-state index in [1.807, 2.05) is 43.9 Å². The maximum absolute atomic E-state index is 4.52. The van der Waals surface area contributed by atoms with Crippen molar-refractivity contribution in [2.75, 3.05) is 14.1 Å². The third kappa shape index (κ3) is 4.26. The minimum absolute atomic E-state index is 0.656. The molecule has 0 amide bonds. The molecule has 8 heteroatoms. The normalized spacial score (nSPS) is 11.6. The average molecular weight is 369 g/mol. The van der Waals surface area contributed by atoms with Crippen LogP contribution in [0.25, 0.3) is 5.82 Å². The second-order valence-corrected chi connectivity index (χ2v) is 7.05. The first kappa shape index (κ1) is 18.1. The molecule has 3 aromatic rings. The number of nitrogens with zero attached hydrogens (tertiary/aromatic N) is 6. The second-order valence-electron chi connectivity index (χ2n) is 5.98. The lowest BCUT2D eigenvalue weighted by atomic mass is 10.3. The molecule has 0 aliphatic heterocycles. The van der Waals surface area contributed by atoms with Crippen LogP contribution in [0.5, 0.6) is 0 Å². The summed E-state index contributed by atoms with van der Waals surface area (Å²) in [6.07, 6.45) is 5.56. The van der Waals surface area contributed by atoms with Crippen molar-refractivity contribution in [1.29, 1.82) is 0 Å². The van der Waals surface area contributed by atoms with E-state index in [1.165, 1.54) is 0 Å². The van der Waals surface area contributed by atoms with E-state index >= 15 is 0 Å². The fourth-order valence-corrected chi connectivity index (χ4v) is 3.25. The van der Waals surface area contributed by atoms with Gasteiger partial charge in [0.2, 0.25) is 0 Å². The highest BCUT2D eigenvalue weighted by Gasteiger charge is 2.09. The number of aliphatic imine (C=N–C) groups is 1. The predicted octanol–water partition coefficient (Wildman–Crippen LogP) is 2.55. The van der Waals surface area contributed by atoms with Crippen LogP contribution >= 0.6 is 11.3 Å². The van der Waals surface area contributed by atoms with Crippen LogP contribution in [-0.2, 0) is 13.1 Å². The van der Waals surface area contributed by atoms with Crippen LogP contribution in [-0.4, -0.2) is 44.5 Å². The quantitative estimate of drug-likeness (QED) is 0.553. The molecule has 3 aromatic heterocycles. The lowest BCUT2D eigenvalue weighted by molar-refractivity contribution is 0.470. The number of pyridine rings is 1. The van der Waals surface area contributed by atoms with Crippen LogP contribution in [0, 0.1) is 13.8 Å². The highest BCUT2D eigenvalue weighted by atomic mass is 32.1. The van der Waals surface area contributed by atoms with Gasteiger partial charge in [0.05, 0.1) is 17.2 Å². The van der Waals surface area contributed by atoms with Crippen molar-refractivity contribution in [1.82, 2.24) is 29.7 Å². The lowest BCUT2D eigenvalue weighted by Crippen LogP contribution is -2.38. The first-order chi connectivity index (χ1) is 12.6. The third-order valence-electron chi connectivity index (χ3n) is 3.97. The zero-order chi connectivity index (χ0) is 18.5. The van der Waals surface area contributed by atoms with Gasteiger partial charge in [-0.25, -0.2) is 15.0 Å². The summed E-state index contributed by atoms with van der Waals surface area (Å²) in [6.45, 7) is 5.36. The van der Waals surface area contributed by atoms with Crippen molar-refractivity contribution in [3.05, 3.63) is 58.2 Å². The Bertz CT molecular complexity index is 879. The Balaban J connectivity index is 1.59. The number of nitrogens with one attached hydrogen (secondary N) is 1. The number of hydrogen-bond donors (Lipinski definition) is 1. The molecule has 136 valence electrons. The Kier molecular flexibility index (Phi) is 5.62. The van der Waals surface area contributed by atoms with E-state index in [0.29, 0.717) is 6.54 Å². The van der Waals surface area contributed by atoms with Gasteiger partial charge in [0.15, 0.2) is 5.96 Å². The average Bonchev–Trinajstić information content (AvgIpc) is 3.24. The van der Waals surface area contributed by atoms with Crippen molar-refractivity contribution >= 4 is 17.3 Å². The van der Waals surface area contributed by atoms with Gasteiger partial charge in [-0.05, 0) is 25.5 Å². The molecule has 0 atom stereocenters. The molecule has 0 aromatic carbocycles. The fraction of sp³-hybridized carbons (Fsp3) is 0.333. The van der Waals surface area contributed by atoms with E-state index in [1.54, 1.807) is 24.6 Å². The first-order valence-corrected chi connectivity index (χ1v) is 9.23. The van der Waals surface area contributed by atoms with Crippen LogP contribution < -0.4 is 5.32 Å². The number of aryl methyl sites for hydroxylation is 2. The maximum atomic E-state index is 4.52. The van der Waals surface area contributed by atoms with E-state index in [4.69, 9.17) is 0 Å². The molecule has 0 saturated heterocycles. The number of hydrogen-bond acceptors (Lipinski definition) is 5. The van der Waals surface area contributed by atoms with E-state index in [-0.39, 0.29) is 0 Å². The second kappa shape index (κ2) is 8.09. The zero-order valence-corrected chi connectivity index (χ0v) is 16.3. The van der Waals surface area contributed by atoms with Crippen molar-refractivity contribution in [2.24, 2.45) is 4.99 Å². The molecule has 0 unspecified atom stereocenters. The fourth-order valence-electron chi connectivity index (χ4n) is 2.65. The molecule has 0 bridgehead atoms. The summed E-state index contributed by atoms with van der Waals surface area (Å²) < 4.78 is 1.96. The molecule has 0 saturated carbocycles. The summed E-state index contributed by atoms with van der Waals surface area (Å²) in [5.74, 6) is 2.61. The maximum Gasteiger partial charge on any atom is 0.194 e. The Morgan fingerprint density at radius 3 is 2.73 bits per heavy atom. The van der Waals surface area contributed by atoms with E-state index in [9.17, 15) is 0 Å². The summed E-state index contributed by atoms with van der Waals surface area (Å²) in [7, 11) is 3.79. The van der Waals surface area contributed by atoms with Gasteiger partial charge in [-0.3, -0.25) is 9.56 Å². The van der Waals surface area contributed by atoms with Gasteiger partial charge in [-0.1, -0.05) is 6.07 Å². The number of aromatic nitrogens is 4. The molecule has 1 N–H and O–H groups in total. The minimum Gasteiger partial charge on any atom is -0.352 e. The van der Waals surface area contributed by atoms with Gasteiger partial charge >= 0.3 is 0 Å². The van der Waals surface area contributed by atoms with E-state index < -0.39 is 0 Å². The van der Waals surface area contributed by atoms with Crippen LogP contribution in [0.2, 0.25) is 0 Å². The molecule has 26 heavy (non-hydrogen) atoms. The van der Waals surface area contributed by atoms with Crippen molar-refractivity contribution in [3.8, 4) is 5.82 Å². The standard InChI is InChI=1S/C18H23N7S/c1-13-20-7-8-25(13)17-6-5-15(9-21-17)10-22-18(19-3)24(4)11-16-12-26-14(2)23-16/h5-9,12H,10-11H2,1-4H3,(H,19,22). The van der Waals surface area contributed by atoms with Gasteiger partial charge in [-0.15, -0.1) is 11.3 Å². The Morgan fingerprint density at radius 2 is 2.15 bits per heavy atom. The highest BCUT2D eigenvalue weighted by molar-refractivity contribution is 7.09. The minimum atomic E-state index is 0.656. The predicted molar refractivity (Wildman–Crippen MR) is 105 cm³/mol. The van der Waals surface area contributed by atoms with Crippen LogP contribution in [0.15, 0.2) is 41.1 Å². The lowest BCUT2D eigenvalue weighted by Gasteiger charge is -2.21. The molecular formula is C18H23N7S. The molecule has 0 radical (unpaired) electrons. The SMILES string of the molecule is CN=C(NCc1ccc(-n2ccnc2C)nc1)N(C)Cc1csc(C)n1. The van der Waals surface area contributed by atoms with Gasteiger partial charge in [-0.2, -0.15) is 0 Å². The highest BCUT2D eigenvalue weighted by Crippen LogP contribution is 2.10.